The third kappa shape index (κ3) is 6.43. The van der Waals surface area contributed by atoms with Crippen LogP contribution < -0.4 is 11.1 Å². The topological polar surface area (TPSA) is 95.6 Å². The summed E-state index contributed by atoms with van der Waals surface area (Å²) in [7, 11) is 0. The van der Waals surface area contributed by atoms with Crippen molar-refractivity contribution in [3.05, 3.63) is 0 Å². The Bertz CT molecular complexity index is 191. The van der Waals surface area contributed by atoms with Crippen molar-refractivity contribution in [2.75, 3.05) is 13.2 Å². The van der Waals surface area contributed by atoms with Crippen molar-refractivity contribution in [1.29, 1.82) is 0 Å². The summed E-state index contributed by atoms with van der Waals surface area (Å²) in [6.45, 7) is 2.94. The van der Waals surface area contributed by atoms with E-state index < -0.39 is 5.54 Å². The summed E-state index contributed by atoms with van der Waals surface area (Å²) >= 11 is 0. The first-order valence-corrected chi connectivity index (χ1v) is 5.22. The van der Waals surface area contributed by atoms with E-state index in [-0.39, 0.29) is 25.2 Å². The van der Waals surface area contributed by atoms with Crippen LogP contribution in [-0.4, -0.2) is 40.9 Å². The van der Waals surface area contributed by atoms with E-state index in [0.29, 0.717) is 6.42 Å². The number of nitrogens with one attached hydrogen (secondary N) is 1. The first-order chi connectivity index (χ1) is 6.93. The first-order valence-electron chi connectivity index (χ1n) is 5.22. The second kappa shape index (κ2) is 6.76. The van der Waals surface area contributed by atoms with E-state index in [0.717, 1.165) is 12.8 Å². The molecule has 0 aliphatic carbocycles. The van der Waals surface area contributed by atoms with Crippen molar-refractivity contribution >= 4 is 5.91 Å². The molecule has 5 nitrogen and oxygen atoms in total. The second-order valence-electron chi connectivity index (χ2n) is 4.29. The maximum atomic E-state index is 11.4. The number of aliphatic hydroxyl groups excluding tert-OH is 2. The van der Waals surface area contributed by atoms with Crippen molar-refractivity contribution < 1.29 is 15.0 Å². The monoisotopic (exact) mass is 218 g/mol. The average Bonchev–Trinajstić information content (AvgIpc) is 2.17. The molecule has 1 unspecified atom stereocenters. The van der Waals surface area contributed by atoms with E-state index in [1.54, 1.807) is 6.92 Å². The van der Waals surface area contributed by atoms with Gasteiger partial charge < -0.3 is 21.3 Å². The van der Waals surface area contributed by atoms with Crippen LogP contribution in [-0.2, 0) is 4.79 Å². The molecule has 0 heterocycles. The van der Waals surface area contributed by atoms with Crippen LogP contribution in [0.4, 0.5) is 0 Å². The lowest BCUT2D eigenvalue weighted by molar-refractivity contribution is -0.124. The highest BCUT2D eigenvalue weighted by Crippen LogP contribution is 2.04. The van der Waals surface area contributed by atoms with Gasteiger partial charge in [-0.3, -0.25) is 4.79 Å². The Morgan fingerprint density at radius 2 is 2.00 bits per heavy atom. The summed E-state index contributed by atoms with van der Waals surface area (Å²) in [6, 6.07) is 0.0971. The van der Waals surface area contributed by atoms with Gasteiger partial charge in [0.2, 0.25) is 5.91 Å². The molecule has 0 radical (unpaired) electrons. The highest BCUT2D eigenvalue weighted by Gasteiger charge is 2.23. The van der Waals surface area contributed by atoms with Crippen LogP contribution in [0, 0.1) is 0 Å². The fourth-order valence-electron chi connectivity index (χ4n) is 1.11. The number of amides is 1. The number of hydrogen-bond acceptors (Lipinski definition) is 4. The summed E-state index contributed by atoms with van der Waals surface area (Å²) in [4.78, 5) is 11.4. The van der Waals surface area contributed by atoms with Gasteiger partial charge in [-0.05, 0) is 26.7 Å². The van der Waals surface area contributed by atoms with Gasteiger partial charge in [-0.1, -0.05) is 0 Å². The minimum atomic E-state index is -0.925. The average molecular weight is 218 g/mol. The summed E-state index contributed by atoms with van der Waals surface area (Å²) in [5.74, 6) is -0.166. The third-order valence-corrected chi connectivity index (χ3v) is 2.20. The molecule has 0 saturated heterocycles. The zero-order chi connectivity index (χ0) is 11.9. The number of hydrogen-bond donors (Lipinski definition) is 4. The normalized spacial score (nSPS) is 13.7. The van der Waals surface area contributed by atoms with E-state index in [2.05, 4.69) is 5.32 Å². The van der Waals surface area contributed by atoms with Gasteiger partial charge in [-0.2, -0.15) is 0 Å². The van der Waals surface area contributed by atoms with E-state index in [9.17, 15) is 4.79 Å². The molecular weight excluding hydrogens is 196 g/mol. The largest absolute Gasteiger partial charge is 0.394 e. The lowest BCUT2D eigenvalue weighted by Gasteiger charge is -2.26. The number of carbonyl (C=O) groups is 1. The Kier molecular flexibility index (Phi) is 6.47. The molecule has 0 aliphatic rings. The van der Waals surface area contributed by atoms with Crippen LogP contribution in [0.2, 0.25) is 0 Å². The van der Waals surface area contributed by atoms with Gasteiger partial charge in [0, 0.05) is 12.5 Å². The minimum absolute atomic E-state index is 0.0971. The zero-order valence-electron chi connectivity index (χ0n) is 9.49. The third-order valence-electron chi connectivity index (χ3n) is 2.20. The molecule has 0 bridgehead atoms. The van der Waals surface area contributed by atoms with Crippen LogP contribution in [0.5, 0.6) is 0 Å². The molecule has 1 amide bonds. The van der Waals surface area contributed by atoms with E-state index in [4.69, 9.17) is 15.9 Å². The van der Waals surface area contributed by atoms with Gasteiger partial charge in [-0.15, -0.1) is 0 Å². The fourth-order valence-corrected chi connectivity index (χ4v) is 1.11. The number of carbonyl (C=O) groups excluding carboxylic acids is 1. The smallest absolute Gasteiger partial charge is 0.220 e. The van der Waals surface area contributed by atoms with E-state index >= 15 is 0 Å². The van der Waals surface area contributed by atoms with Crippen LogP contribution >= 0.6 is 0 Å². The summed E-state index contributed by atoms with van der Waals surface area (Å²) < 4.78 is 0. The molecule has 15 heavy (non-hydrogen) atoms. The van der Waals surface area contributed by atoms with Crippen LogP contribution in [0.25, 0.3) is 0 Å². The maximum Gasteiger partial charge on any atom is 0.220 e. The molecule has 5 N–H and O–H groups in total. The van der Waals surface area contributed by atoms with Crippen LogP contribution in [0.1, 0.15) is 33.1 Å². The molecule has 0 saturated carbocycles. The van der Waals surface area contributed by atoms with Crippen molar-refractivity contribution in [2.45, 2.75) is 44.7 Å². The van der Waals surface area contributed by atoms with Gasteiger partial charge >= 0.3 is 0 Å². The highest BCUT2D eigenvalue weighted by molar-refractivity contribution is 5.76. The maximum absolute atomic E-state index is 11.4. The molecule has 0 fully saturated rings. The minimum Gasteiger partial charge on any atom is -0.394 e. The predicted octanol–water partition coefficient (Wildman–Crippen LogP) is -0.637. The SMILES string of the molecule is CC(N)CCCC(=O)NC(C)(CO)CO. The Morgan fingerprint density at radius 3 is 2.40 bits per heavy atom. The molecule has 0 spiro atoms. The Morgan fingerprint density at radius 1 is 1.47 bits per heavy atom. The lowest BCUT2D eigenvalue weighted by atomic mass is 10.0. The Hall–Kier alpha value is -0.650. The molecule has 0 aliphatic heterocycles. The molecule has 1 atom stereocenters. The lowest BCUT2D eigenvalue weighted by Crippen LogP contribution is -2.51. The first kappa shape index (κ1) is 14.3. The summed E-state index contributed by atoms with van der Waals surface area (Å²) in [5.41, 5.74) is 4.62. The van der Waals surface area contributed by atoms with E-state index in [1.165, 1.54) is 0 Å². The quantitative estimate of drug-likeness (QED) is 0.457. The molecule has 0 aromatic carbocycles. The van der Waals surface area contributed by atoms with Crippen molar-refractivity contribution in [3.63, 3.8) is 0 Å². The zero-order valence-corrected chi connectivity index (χ0v) is 9.49. The highest BCUT2D eigenvalue weighted by atomic mass is 16.3. The molecule has 90 valence electrons. The van der Waals surface area contributed by atoms with Gasteiger partial charge in [0.05, 0.1) is 18.8 Å². The Balaban J connectivity index is 3.82. The van der Waals surface area contributed by atoms with Crippen molar-refractivity contribution in [2.24, 2.45) is 5.73 Å². The van der Waals surface area contributed by atoms with Gasteiger partial charge in [0.15, 0.2) is 0 Å². The molecule has 0 aromatic heterocycles. The summed E-state index contributed by atoms with van der Waals surface area (Å²) in [6.07, 6.45) is 1.88. The number of nitrogens with two attached hydrogens (primary N) is 1. The standard InChI is InChI=1S/C10H22N2O3/c1-8(11)4-3-5-9(15)12-10(2,6-13)7-14/h8,13-14H,3-7,11H2,1-2H3,(H,12,15). The molecular formula is C10H22N2O3. The number of aliphatic hydroxyl groups is 2. The second-order valence-corrected chi connectivity index (χ2v) is 4.29. The van der Waals surface area contributed by atoms with Gasteiger partial charge in [0.25, 0.3) is 0 Å². The van der Waals surface area contributed by atoms with Gasteiger partial charge in [0.1, 0.15) is 0 Å². The van der Waals surface area contributed by atoms with Crippen LogP contribution in [0.15, 0.2) is 0 Å². The van der Waals surface area contributed by atoms with Crippen molar-refractivity contribution in [1.82, 2.24) is 5.32 Å². The predicted molar refractivity (Wildman–Crippen MR) is 58.2 cm³/mol. The molecule has 0 aromatic rings. The molecule has 0 rings (SSSR count). The van der Waals surface area contributed by atoms with Crippen LogP contribution in [0.3, 0.4) is 0 Å². The molecule has 5 heteroatoms. The fraction of sp³-hybridized carbons (Fsp3) is 0.900. The Labute approximate surface area is 90.7 Å². The number of rotatable bonds is 7. The van der Waals surface area contributed by atoms with Gasteiger partial charge in [-0.25, -0.2) is 0 Å². The van der Waals surface area contributed by atoms with E-state index in [1.807, 2.05) is 6.92 Å². The van der Waals surface area contributed by atoms with Crippen molar-refractivity contribution in [3.8, 4) is 0 Å². The summed E-state index contributed by atoms with van der Waals surface area (Å²) in [5, 5.41) is 20.5.